The fourth-order valence-corrected chi connectivity index (χ4v) is 2.26. The van der Waals surface area contributed by atoms with E-state index in [9.17, 15) is 19.2 Å². The van der Waals surface area contributed by atoms with E-state index in [1.807, 2.05) is 0 Å². The first-order chi connectivity index (χ1) is 16.2. The second kappa shape index (κ2) is 14.4. The van der Waals surface area contributed by atoms with Crippen molar-refractivity contribution in [3.05, 3.63) is 47.5 Å². The fraction of sp³-hybridized carbons (Fsp3) is 0.333. The number of benzene rings is 2. The van der Waals surface area contributed by atoms with Crippen molar-refractivity contribution in [3.63, 3.8) is 0 Å². The molecule has 0 heterocycles. The normalized spacial score (nSPS) is 11.7. The van der Waals surface area contributed by atoms with Crippen LogP contribution in [0.4, 0.5) is 0 Å². The van der Waals surface area contributed by atoms with Crippen LogP contribution in [0.15, 0.2) is 36.4 Å². The van der Waals surface area contributed by atoms with Crippen molar-refractivity contribution in [2.24, 2.45) is 0 Å². The minimum absolute atomic E-state index is 0.256. The maximum atomic E-state index is 11.5. The molecule has 2 aromatic carbocycles. The maximum Gasteiger partial charge on any atom is 0.340 e. The van der Waals surface area contributed by atoms with Gasteiger partial charge in [0.2, 0.25) is 0 Å². The van der Waals surface area contributed by atoms with Gasteiger partial charge in [0, 0.05) is 25.3 Å². The molecule has 0 aliphatic rings. The van der Waals surface area contributed by atoms with E-state index in [-0.39, 0.29) is 11.5 Å². The van der Waals surface area contributed by atoms with Crippen molar-refractivity contribution in [1.82, 2.24) is 0 Å². The lowest BCUT2D eigenvalue weighted by molar-refractivity contribution is -0.145. The van der Waals surface area contributed by atoms with Crippen molar-refractivity contribution in [3.8, 4) is 23.0 Å². The highest BCUT2D eigenvalue weighted by Gasteiger charge is 2.18. The van der Waals surface area contributed by atoms with Gasteiger partial charge >= 0.3 is 11.9 Å². The quantitative estimate of drug-likeness (QED) is 0.287. The average molecular weight is 476 g/mol. The molecule has 0 amide bonds. The number of carbonyl (C=O) groups excluding carboxylic acids is 4. The summed E-state index contributed by atoms with van der Waals surface area (Å²) in [5.41, 5.74) is 0.892. The van der Waals surface area contributed by atoms with Gasteiger partial charge in [0.15, 0.2) is 35.2 Å². The minimum Gasteiger partial charge on any atom is -0.493 e. The Morgan fingerprint density at radius 2 is 1.00 bits per heavy atom. The third-order valence-electron chi connectivity index (χ3n) is 4.44. The highest BCUT2D eigenvalue weighted by atomic mass is 16.6. The molecule has 10 nitrogen and oxygen atoms in total. The van der Waals surface area contributed by atoms with Crippen LogP contribution in [-0.4, -0.2) is 65.2 Å². The summed E-state index contributed by atoms with van der Waals surface area (Å²) >= 11 is 0. The van der Waals surface area contributed by atoms with Gasteiger partial charge in [-0.3, -0.25) is 9.59 Å². The van der Waals surface area contributed by atoms with Gasteiger partial charge in [-0.05, 0) is 50.2 Å². The molecular formula is C24H28O10. The summed E-state index contributed by atoms with van der Waals surface area (Å²) in [4.78, 5) is 44.1. The van der Waals surface area contributed by atoms with Gasteiger partial charge in [0.25, 0.3) is 0 Å². The van der Waals surface area contributed by atoms with E-state index in [1.165, 1.54) is 64.8 Å². The average Bonchev–Trinajstić information content (AvgIpc) is 2.88. The van der Waals surface area contributed by atoms with Gasteiger partial charge in [-0.2, -0.15) is 0 Å². The third kappa shape index (κ3) is 8.30. The summed E-state index contributed by atoms with van der Waals surface area (Å²) in [6.07, 6.45) is 0.0496. The first-order valence-electron chi connectivity index (χ1n) is 9.99. The largest absolute Gasteiger partial charge is 0.493 e. The number of methoxy groups -OCH3 is 4. The van der Waals surface area contributed by atoms with Crippen molar-refractivity contribution in [2.75, 3.05) is 28.4 Å². The molecule has 0 fully saturated rings. The molecule has 0 unspecified atom stereocenters. The lowest BCUT2D eigenvalue weighted by Gasteiger charge is -2.12. The monoisotopic (exact) mass is 476 g/mol. The van der Waals surface area contributed by atoms with Crippen molar-refractivity contribution < 1.29 is 47.6 Å². The van der Waals surface area contributed by atoms with Gasteiger partial charge < -0.3 is 28.4 Å². The smallest absolute Gasteiger partial charge is 0.340 e. The van der Waals surface area contributed by atoms with E-state index in [1.54, 1.807) is 13.8 Å². The van der Waals surface area contributed by atoms with Crippen LogP contribution in [0.25, 0.3) is 0 Å². The van der Waals surface area contributed by atoms with Gasteiger partial charge in [0.1, 0.15) is 12.6 Å². The van der Waals surface area contributed by atoms with Gasteiger partial charge in [-0.25, -0.2) is 9.59 Å². The predicted octanol–water partition coefficient (Wildman–Crippen LogP) is 2.90. The molecule has 0 saturated carbocycles. The molecule has 0 radical (unpaired) electrons. The van der Waals surface area contributed by atoms with Crippen LogP contribution in [0.2, 0.25) is 0 Å². The second-order valence-electron chi connectivity index (χ2n) is 6.65. The lowest BCUT2D eigenvalue weighted by Crippen LogP contribution is -2.24. The molecule has 0 bridgehead atoms. The third-order valence-corrected chi connectivity index (χ3v) is 4.44. The molecule has 2 aromatic rings. The van der Waals surface area contributed by atoms with Gasteiger partial charge in [-0.15, -0.1) is 0 Å². The van der Waals surface area contributed by atoms with Crippen molar-refractivity contribution >= 4 is 24.5 Å². The molecule has 10 heteroatoms. The molecule has 0 aliphatic heterocycles. The van der Waals surface area contributed by atoms with E-state index in [0.29, 0.717) is 35.2 Å². The maximum absolute atomic E-state index is 11.5. The number of carbonyl (C=O) groups is 4. The highest BCUT2D eigenvalue weighted by Crippen LogP contribution is 2.29. The van der Waals surface area contributed by atoms with Crippen LogP contribution in [0.3, 0.4) is 0 Å². The Bertz CT molecular complexity index is 906. The lowest BCUT2D eigenvalue weighted by atomic mass is 10.2. The molecule has 34 heavy (non-hydrogen) atoms. The number of hydrogen-bond acceptors (Lipinski definition) is 10. The standard InChI is InChI=1S/2C12H14O5/c2*1-8(15-2)12(14)17-10-5-4-9(7-13)6-11(10)16-3/h2*4-8H,1-3H3/t2*8-/m10/s1. The van der Waals surface area contributed by atoms with E-state index in [2.05, 4.69) is 0 Å². The molecule has 0 aliphatic carbocycles. The van der Waals surface area contributed by atoms with Crippen LogP contribution in [0.5, 0.6) is 23.0 Å². The molecule has 0 N–H and O–H groups in total. The van der Waals surface area contributed by atoms with Crippen molar-refractivity contribution in [2.45, 2.75) is 26.1 Å². The summed E-state index contributed by atoms with van der Waals surface area (Å²) in [7, 11) is 5.69. The zero-order valence-corrected chi connectivity index (χ0v) is 19.9. The van der Waals surface area contributed by atoms with Crippen LogP contribution in [-0.2, 0) is 19.1 Å². The Balaban J connectivity index is 0.000000340. The number of aldehydes is 2. The minimum atomic E-state index is -0.662. The summed E-state index contributed by atoms with van der Waals surface area (Å²) in [6.45, 7) is 3.16. The molecular weight excluding hydrogens is 448 g/mol. The number of esters is 2. The van der Waals surface area contributed by atoms with E-state index < -0.39 is 24.1 Å². The van der Waals surface area contributed by atoms with E-state index in [0.717, 1.165) is 0 Å². The van der Waals surface area contributed by atoms with E-state index >= 15 is 0 Å². The number of rotatable bonds is 10. The van der Waals surface area contributed by atoms with Gasteiger partial charge in [-0.1, -0.05) is 0 Å². The summed E-state index contributed by atoms with van der Waals surface area (Å²) in [5.74, 6) is 0.116. The summed E-state index contributed by atoms with van der Waals surface area (Å²) in [6, 6.07) is 9.07. The van der Waals surface area contributed by atoms with Crippen LogP contribution in [0.1, 0.15) is 34.6 Å². The Morgan fingerprint density at radius 1 is 0.647 bits per heavy atom. The molecule has 2 rings (SSSR count). The predicted molar refractivity (Wildman–Crippen MR) is 121 cm³/mol. The first-order valence-corrected chi connectivity index (χ1v) is 9.99. The number of ether oxygens (including phenoxy) is 6. The fourth-order valence-electron chi connectivity index (χ4n) is 2.26. The number of hydrogen-bond donors (Lipinski definition) is 0. The Hall–Kier alpha value is -3.76. The topological polar surface area (TPSA) is 124 Å². The van der Waals surface area contributed by atoms with Crippen LogP contribution >= 0.6 is 0 Å². The molecule has 0 aromatic heterocycles. The first kappa shape index (κ1) is 28.3. The Morgan fingerprint density at radius 3 is 1.26 bits per heavy atom. The molecule has 184 valence electrons. The molecule has 0 spiro atoms. The molecule has 2 atom stereocenters. The van der Waals surface area contributed by atoms with Crippen LogP contribution < -0.4 is 18.9 Å². The molecule has 0 saturated heterocycles. The van der Waals surface area contributed by atoms with Crippen molar-refractivity contribution in [1.29, 1.82) is 0 Å². The van der Waals surface area contributed by atoms with Gasteiger partial charge in [0.05, 0.1) is 14.2 Å². The van der Waals surface area contributed by atoms with Crippen LogP contribution in [0, 0.1) is 0 Å². The van der Waals surface area contributed by atoms with E-state index in [4.69, 9.17) is 28.4 Å². The zero-order chi connectivity index (χ0) is 25.7. The summed E-state index contributed by atoms with van der Waals surface area (Å²) in [5, 5.41) is 0. The Labute approximate surface area is 197 Å². The SMILES string of the molecule is COc1cc(C=O)ccc1OC(=O)[C@@H](C)OC.COc1cc(C=O)ccc1OC(=O)[C@H](C)OC. The second-order valence-corrected chi connectivity index (χ2v) is 6.65. The Kier molecular flexibility index (Phi) is 12.0. The summed E-state index contributed by atoms with van der Waals surface area (Å²) < 4.78 is 29.9. The highest BCUT2D eigenvalue weighted by molar-refractivity contribution is 5.80. The zero-order valence-electron chi connectivity index (χ0n) is 19.9.